The van der Waals surface area contributed by atoms with Gasteiger partial charge in [-0.3, -0.25) is 9.00 Å². The summed E-state index contributed by atoms with van der Waals surface area (Å²) in [7, 11) is 0.112. The minimum absolute atomic E-state index is 0.0741. The number of amides is 1. The number of aromatic nitrogens is 4. The lowest BCUT2D eigenvalue weighted by molar-refractivity contribution is -0.302. The van der Waals surface area contributed by atoms with Gasteiger partial charge < -0.3 is 19.3 Å². The molecule has 2 aromatic heterocycles. The van der Waals surface area contributed by atoms with Crippen LogP contribution < -0.4 is 4.74 Å². The molecule has 0 saturated heterocycles. The highest BCUT2D eigenvalue weighted by Crippen LogP contribution is 2.57. The van der Waals surface area contributed by atoms with E-state index in [1.807, 2.05) is 10.6 Å². The molecule has 15 heteroatoms. The van der Waals surface area contributed by atoms with Crippen LogP contribution in [0.3, 0.4) is 0 Å². The van der Waals surface area contributed by atoms with E-state index in [0.29, 0.717) is 40.0 Å². The van der Waals surface area contributed by atoms with Gasteiger partial charge in [-0.15, -0.1) is 0 Å². The van der Waals surface area contributed by atoms with E-state index in [9.17, 15) is 36.1 Å². The number of ether oxygens (including phenoxy) is 1. The maximum absolute atomic E-state index is 13.7. The first-order valence-electron chi connectivity index (χ1n) is 15.3. The van der Waals surface area contributed by atoms with Crippen LogP contribution in [-0.2, 0) is 16.2 Å². The minimum Gasteiger partial charge on any atom is -0.434 e. The predicted molar refractivity (Wildman–Crippen MR) is 166 cm³/mol. The Labute approximate surface area is 274 Å². The van der Waals surface area contributed by atoms with E-state index in [2.05, 4.69) is 9.97 Å². The fraction of sp³-hybridized carbons (Fsp3) is 0.455. The van der Waals surface area contributed by atoms with Gasteiger partial charge in [0.25, 0.3) is 5.91 Å². The summed E-state index contributed by atoms with van der Waals surface area (Å²) < 4.78 is 87.1. The van der Waals surface area contributed by atoms with Crippen LogP contribution in [0.25, 0.3) is 22.2 Å². The second-order valence-corrected chi connectivity index (χ2v) is 16.1. The summed E-state index contributed by atoms with van der Waals surface area (Å²) in [6.45, 7) is 2.10. The SMILES string of the molecule is CN1C(=O)c2cccc(OC(F)F)c2[C@H]2C[C@@H]1c1nc3ccc(-c4cnc(C5(C[S@](=O)C(C)(C)C)CC(O)(C(F)(F)F)C5)nc4)cc3n12. The van der Waals surface area contributed by atoms with Crippen LogP contribution in [0.5, 0.6) is 5.75 Å². The highest BCUT2D eigenvalue weighted by atomic mass is 32.2. The third-order valence-corrected chi connectivity index (χ3v) is 11.9. The average Bonchev–Trinajstić information content (AvgIpc) is 3.52. The van der Waals surface area contributed by atoms with Crippen molar-refractivity contribution >= 4 is 27.7 Å². The first-order valence-corrected chi connectivity index (χ1v) is 16.6. The Bertz CT molecular complexity index is 1970. The van der Waals surface area contributed by atoms with E-state index < -0.39 is 64.3 Å². The van der Waals surface area contributed by atoms with E-state index in [-0.39, 0.29) is 28.8 Å². The van der Waals surface area contributed by atoms with E-state index in [1.54, 1.807) is 50.9 Å². The van der Waals surface area contributed by atoms with Crippen molar-refractivity contribution in [2.45, 2.75) is 80.7 Å². The Balaban J connectivity index is 1.27. The Morgan fingerprint density at radius 1 is 1.06 bits per heavy atom. The second kappa shape index (κ2) is 10.8. The first kappa shape index (κ1) is 32.6. The summed E-state index contributed by atoms with van der Waals surface area (Å²) in [4.78, 5) is 28.7. The van der Waals surface area contributed by atoms with E-state index in [4.69, 9.17) is 9.72 Å². The fourth-order valence-corrected chi connectivity index (χ4v) is 8.54. The molecule has 1 N–H and O–H groups in total. The molecule has 0 spiro atoms. The van der Waals surface area contributed by atoms with Gasteiger partial charge in [0.15, 0.2) is 5.60 Å². The number of alkyl halides is 5. The smallest absolute Gasteiger partial charge is 0.417 e. The summed E-state index contributed by atoms with van der Waals surface area (Å²) in [5.74, 6) is 0.130. The predicted octanol–water partition coefficient (Wildman–Crippen LogP) is 6.09. The summed E-state index contributed by atoms with van der Waals surface area (Å²) in [5.41, 5.74) is -1.14. The number of hydrogen-bond donors (Lipinski definition) is 1. The number of carbonyl (C=O) groups is 1. The maximum atomic E-state index is 13.7. The molecule has 2 bridgehead atoms. The number of imidazole rings is 1. The number of hydrogen-bond acceptors (Lipinski definition) is 7. The number of nitrogens with zero attached hydrogens (tertiary/aromatic N) is 5. The fourth-order valence-electron chi connectivity index (χ4n) is 7.27. The van der Waals surface area contributed by atoms with Crippen LogP contribution in [0.1, 0.15) is 79.7 Å². The Morgan fingerprint density at radius 2 is 1.75 bits per heavy atom. The molecule has 3 atom stereocenters. The molecule has 48 heavy (non-hydrogen) atoms. The monoisotopic (exact) mass is 689 g/mol. The zero-order chi connectivity index (χ0) is 34.6. The summed E-state index contributed by atoms with van der Waals surface area (Å²) in [6.07, 6.45) is -2.88. The molecule has 3 aliphatic rings. The number of aliphatic hydroxyl groups is 1. The molecule has 4 heterocycles. The van der Waals surface area contributed by atoms with Gasteiger partial charge in [-0.1, -0.05) is 12.1 Å². The van der Waals surface area contributed by atoms with Crippen molar-refractivity contribution in [3.05, 3.63) is 71.6 Å². The third-order valence-electron chi connectivity index (χ3n) is 9.75. The molecule has 9 nitrogen and oxygen atoms in total. The quantitative estimate of drug-likeness (QED) is 0.244. The summed E-state index contributed by atoms with van der Waals surface area (Å²) in [6, 6.07) is 8.99. The number of benzene rings is 2. The van der Waals surface area contributed by atoms with Crippen molar-refractivity contribution in [3.8, 4) is 16.9 Å². The molecule has 4 aromatic rings. The lowest BCUT2D eigenvalue weighted by atomic mass is 9.59. The molecule has 7 rings (SSSR count). The Morgan fingerprint density at radius 3 is 2.38 bits per heavy atom. The van der Waals surface area contributed by atoms with Crippen LogP contribution in [-0.4, -0.2) is 75.6 Å². The molecule has 0 radical (unpaired) electrons. The second-order valence-electron chi connectivity index (χ2n) is 13.9. The molecule has 0 unspecified atom stereocenters. The molecular formula is C33H32F5N5O4S. The number of halogens is 5. The van der Waals surface area contributed by atoms with E-state index >= 15 is 0 Å². The highest BCUT2D eigenvalue weighted by molar-refractivity contribution is 7.86. The molecule has 2 aromatic carbocycles. The van der Waals surface area contributed by atoms with Crippen LogP contribution in [0.15, 0.2) is 48.8 Å². The molecule has 1 fully saturated rings. The standard InChI is InChI=1S/C33H32F5N5O4S/c1-30(2,3)48(46)16-31(14-32(45,15-31)33(36,37)38)28-39-12-18(13-40-28)17-8-9-20-21(10-17)43-22-11-23(26(43)41-20)42(4)27(44)19-6-5-7-24(25(19)22)47-29(34)35/h5-10,12-13,22-23,29,45H,11,14-16H2,1-4H3/t22-,23-,31?,32?,48+/m1/s1. The zero-order valence-electron chi connectivity index (χ0n) is 26.4. The number of fused-ring (bicyclic) bond motifs is 9. The summed E-state index contributed by atoms with van der Waals surface area (Å²) >= 11 is 0. The third kappa shape index (κ3) is 4.99. The molecule has 1 aliphatic carbocycles. The molecule has 1 saturated carbocycles. The van der Waals surface area contributed by atoms with Crippen molar-refractivity contribution in [2.24, 2.45) is 0 Å². The van der Waals surface area contributed by atoms with Gasteiger partial charge in [-0.2, -0.15) is 22.0 Å². The number of carbonyl (C=O) groups excluding carboxylic acids is 1. The van der Waals surface area contributed by atoms with Gasteiger partial charge in [0.2, 0.25) is 0 Å². The zero-order valence-corrected chi connectivity index (χ0v) is 27.2. The molecule has 1 amide bonds. The van der Waals surface area contributed by atoms with Gasteiger partial charge in [0, 0.05) is 69.3 Å². The first-order chi connectivity index (χ1) is 22.4. The van der Waals surface area contributed by atoms with Gasteiger partial charge in [0.05, 0.1) is 23.1 Å². The minimum atomic E-state index is -4.85. The summed E-state index contributed by atoms with van der Waals surface area (Å²) in [5, 5.41) is 10.3. The van der Waals surface area contributed by atoms with E-state index in [0.717, 1.165) is 0 Å². The Hall–Kier alpha value is -3.98. The largest absolute Gasteiger partial charge is 0.434 e. The lowest BCUT2D eigenvalue weighted by Crippen LogP contribution is -2.65. The number of rotatable bonds is 6. The van der Waals surface area contributed by atoms with Crippen molar-refractivity contribution in [3.63, 3.8) is 0 Å². The van der Waals surface area contributed by atoms with Gasteiger partial charge in [-0.25, -0.2) is 15.0 Å². The lowest BCUT2D eigenvalue weighted by Gasteiger charge is -2.52. The molecular weight excluding hydrogens is 657 g/mol. The van der Waals surface area contributed by atoms with Crippen LogP contribution >= 0.6 is 0 Å². The van der Waals surface area contributed by atoms with Crippen molar-refractivity contribution < 1.29 is 40.8 Å². The van der Waals surface area contributed by atoms with Crippen LogP contribution in [0.4, 0.5) is 22.0 Å². The Kier molecular flexibility index (Phi) is 7.30. The van der Waals surface area contributed by atoms with Gasteiger partial charge >= 0.3 is 12.8 Å². The van der Waals surface area contributed by atoms with Gasteiger partial charge in [-0.05, 0) is 63.4 Å². The average molecular weight is 690 g/mol. The molecule has 2 aliphatic heterocycles. The van der Waals surface area contributed by atoms with Crippen LogP contribution in [0, 0.1) is 0 Å². The topological polar surface area (TPSA) is 110 Å². The van der Waals surface area contributed by atoms with Crippen LogP contribution in [0.2, 0.25) is 0 Å². The molecule has 254 valence electrons. The normalized spacial score (nSPS) is 25.9. The maximum Gasteiger partial charge on any atom is 0.417 e. The van der Waals surface area contributed by atoms with E-state index in [1.165, 1.54) is 24.5 Å². The highest BCUT2D eigenvalue weighted by Gasteiger charge is 2.69. The van der Waals surface area contributed by atoms with Gasteiger partial charge in [0.1, 0.15) is 17.4 Å². The van der Waals surface area contributed by atoms with Crippen molar-refractivity contribution in [1.29, 1.82) is 0 Å². The van der Waals surface area contributed by atoms with Crippen molar-refractivity contribution in [1.82, 2.24) is 24.4 Å². The van der Waals surface area contributed by atoms with Crippen molar-refractivity contribution in [2.75, 3.05) is 12.8 Å².